The molecule has 1 N–H and O–H groups in total. The van der Waals surface area contributed by atoms with Gasteiger partial charge in [-0.1, -0.05) is 32.0 Å². The fourth-order valence-electron chi connectivity index (χ4n) is 2.23. The molecule has 23 heavy (non-hydrogen) atoms. The maximum absolute atomic E-state index is 10.9. The van der Waals surface area contributed by atoms with Crippen molar-refractivity contribution >= 4 is 6.29 Å². The molecular formula is C19H22O4. The van der Waals surface area contributed by atoms with E-state index in [-0.39, 0.29) is 11.3 Å². The van der Waals surface area contributed by atoms with E-state index in [1.165, 1.54) is 0 Å². The number of rotatable bonds is 8. The molecule has 2 aromatic carbocycles. The van der Waals surface area contributed by atoms with Gasteiger partial charge in [0.2, 0.25) is 0 Å². The fourth-order valence-corrected chi connectivity index (χ4v) is 2.23. The van der Waals surface area contributed by atoms with Gasteiger partial charge < -0.3 is 14.6 Å². The van der Waals surface area contributed by atoms with Gasteiger partial charge in [0.1, 0.15) is 5.75 Å². The highest BCUT2D eigenvalue weighted by Crippen LogP contribution is 2.39. The molecule has 0 aliphatic carbocycles. The Morgan fingerprint density at radius 3 is 2.43 bits per heavy atom. The number of para-hydroxylation sites is 1. The lowest BCUT2D eigenvalue weighted by atomic mass is 10.0. The van der Waals surface area contributed by atoms with Crippen molar-refractivity contribution in [3.05, 3.63) is 42.0 Å². The van der Waals surface area contributed by atoms with Crippen LogP contribution in [0.5, 0.6) is 17.2 Å². The third kappa shape index (κ3) is 4.03. The number of phenols is 1. The van der Waals surface area contributed by atoms with E-state index in [1.807, 2.05) is 32.0 Å². The molecule has 4 heteroatoms. The predicted molar refractivity (Wildman–Crippen MR) is 90.5 cm³/mol. The second-order valence-corrected chi connectivity index (χ2v) is 5.22. The molecule has 0 aliphatic heterocycles. The van der Waals surface area contributed by atoms with Crippen LogP contribution < -0.4 is 9.47 Å². The van der Waals surface area contributed by atoms with Crippen LogP contribution in [0.1, 0.15) is 37.0 Å². The Balaban J connectivity index is 2.47. The van der Waals surface area contributed by atoms with Crippen LogP contribution >= 0.6 is 0 Å². The molecule has 0 amide bonds. The van der Waals surface area contributed by atoms with E-state index in [2.05, 4.69) is 0 Å². The van der Waals surface area contributed by atoms with Gasteiger partial charge >= 0.3 is 0 Å². The van der Waals surface area contributed by atoms with Crippen molar-refractivity contribution in [1.82, 2.24) is 0 Å². The highest BCUT2D eigenvalue weighted by molar-refractivity contribution is 5.83. The predicted octanol–water partition coefficient (Wildman–Crippen LogP) is 4.45. The minimum absolute atomic E-state index is 0.0428. The Hall–Kier alpha value is -2.49. The van der Waals surface area contributed by atoms with Crippen molar-refractivity contribution in [2.24, 2.45) is 0 Å². The number of carbonyl (C=O) groups excluding carboxylic acids is 1. The second kappa shape index (κ2) is 8.22. The summed E-state index contributed by atoms with van der Waals surface area (Å²) in [5.41, 5.74) is 1.88. The van der Waals surface area contributed by atoms with Gasteiger partial charge in [-0.05, 0) is 36.6 Å². The smallest absolute Gasteiger partial charge is 0.168 e. The highest BCUT2D eigenvalue weighted by atomic mass is 16.5. The zero-order valence-electron chi connectivity index (χ0n) is 13.5. The first-order valence-electron chi connectivity index (χ1n) is 7.88. The van der Waals surface area contributed by atoms with Gasteiger partial charge in [0.15, 0.2) is 17.8 Å². The van der Waals surface area contributed by atoms with Gasteiger partial charge in [-0.15, -0.1) is 0 Å². The Labute approximate surface area is 136 Å². The van der Waals surface area contributed by atoms with Crippen LogP contribution in [-0.4, -0.2) is 24.6 Å². The highest BCUT2D eigenvalue weighted by Gasteiger charge is 2.14. The Kier molecular flexibility index (Phi) is 6.03. The summed E-state index contributed by atoms with van der Waals surface area (Å²) in [4.78, 5) is 10.9. The molecule has 0 bridgehead atoms. The Morgan fingerprint density at radius 1 is 1.04 bits per heavy atom. The maximum Gasteiger partial charge on any atom is 0.168 e. The van der Waals surface area contributed by atoms with E-state index >= 15 is 0 Å². The molecule has 0 saturated heterocycles. The summed E-state index contributed by atoms with van der Waals surface area (Å²) in [5, 5.41) is 9.93. The normalized spacial score (nSPS) is 10.3. The topological polar surface area (TPSA) is 55.8 Å². The maximum atomic E-state index is 10.9. The summed E-state index contributed by atoms with van der Waals surface area (Å²) in [6, 6.07) is 10.6. The minimum Gasteiger partial charge on any atom is -0.507 e. The molecule has 0 atom stereocenters. The van der Waals surface area contributed by atoms with Crippen molar-refractivity contribution in [3.8, 4) is 28.4 Å². The minimum atomic E-state index is -0.0428. The van der Waals surface area contributed by atoms with Crippen LogP contribution in [0.4, 0.5) is 0 Å². The van der Waals surface area contributed by atoms with Crippen LogP contribution in [0.3, 0.4) is 0 Å². The standard InChI is InChI=1S/C19H22O4/c1-3-10-22-18-7-5-6-16(19(18)23-11-4-2)14-8-9-15(13-20)17(21)12-14/h5-9,12-13,21H,3-4,10-11H2,1-2H3. The number of hydrogen-bond acceptors (Lipinski definition) is 4. The summed E-state index contributed by atoms with van der Waals surface area (Å²) in [5.74, 6) is 1.32. The van der Waals surface area contributed by atoms with Gasteiger partial charge in [0, 0.05) is 5.56 Å². The van der Waals surface area contributed by atoms with Crippen molar-refractivity contribution in [2.45, 2.75) is 26.7 Å². The molecule has 0 aliphatic rings. The monoisotopic (exact) mass is 314 g/mol. The van der Waals surface area contributed by atoms with Gasteiger partial charge in [0.05, 0.1) is 18.8 Å². The molecule has 4 nitrogen and oxygen atoms in total. The Bertz CT molecular complexity index is 664. The zero-order chi connectivity index (χ0) is 16.7. The Morgan fingerprint density at radius 2 is 1.78 bits per heavy atom. The fraction of sp³-hybridized carbons (Fsp3) is 0.316. The summed E-state index contributed by atoms with van der Waals surface area (Å²) in [6.45, 7) is 5.28. The zero-order valence-corrected chi connectivity index (χ0v) is 13.5. The van der Waals surface area contributed by atoms with E-state index in [4.69, 9.17) is 9.47 Å². The van der Waals surface area contributed by atoms with Crippen molar-refractivity contribution in [1.29, 1.82) is 0 Å². The van der Waals surface area contributed by atoms with Crippen LogP contribution in [0.15, 0.2) is 36.4 Å². The van der Waals surface area contributed by atoms with Crippen molar-refractivity contribution in [2.75, 3.05) is 13.2 Å². The second-order valence-electron chi connectivity index (χ2n) is 5.22. The molecule has 2 rings (SSSR count). The van der Waals surface area contributed by atoms with E-state index in [9.17, 15) is 9.90 Å². The van der Waals surface area contributed by atoms with E-state index in [0.717, 1.165) is 24.0 Å². The lowest BCUT2D eigenvalue weighted by molar-refractivity contribution is 0.112. The summed E-state index contributed by atoms with van der Waals surface area (Å²) < 4.78 is 11.7. The number of benzene rings is 2. The van der Waals surface area contributed by atoms with Crippen LogP contribution in [0.25, 0.3) is 11.1 Å². The summed E-state index contributed by atoms with van der Waals surface area (Å²) >= 11 is 0. The van der Waals surface area contributed by atoms with Crippen LogP contribution in [-0.2, 0) is 0 Å². The molecule has 0 heterocycles. The average molecular weight is 314 g/mol. The molecule has 0 aromatic heterocycles. The first kappa shape index (κ1) is 16.9. The van der Waals surface area contributed by atoms with Crippen molar-refractivity contribution < 1.29 is 19.4 Å². The third-order valence-electron chi connectivity index (χ3n) is 3.36. The van der Waals surface area contributed by atoms with Crippen LogP contribution in [0, 0.1) is 0 Å². The average Bonchev–Trinajstić information content (AvgIpc) is 2.58. The largest absolute Gasteiger partial charge is 0.507 e. The number of hydrogen-bond donors (Lipinski definition) is 1. The van der Waals surface area contributed by atoms with E-state index < -0.39 is 0 Å². The van der Waals surface area contributed by atoms with Gasteiger partial charge in [0.25, 0.3) is 0 Å². The third-order valence-corrected chi connectivity index (χ3v) is 3.36. The first-order chi connectivity index (χ1) is 11.2. The summed E-state index contributed by atoms with van der Waals surface area (Å²) in [6.07, 6.45) is 2.43. The number of phenolic OH excluding ortho intramolecular Hbond substituents is 1. The lowest BCUT2D eigenvalue weighted by Gasteiger charge is -2.16. The van der Waals surface area contributed by atoms with E-state index in [1.54, 1.807) is 18.2 Å². The molecule has 0 unspecified atom stereocenters. The number of ether oxygens (including phenoxy) is 2. The van der Waals surface area contributed by atoms with E-state index in [0.29, 0.717) is 31.0 Å². The van der Waals surface area contributed by atoms with Crippen LogP contribution in [0.2, 0.25) is 0 Å². The first-order valence-corrected chi connectivity index (χ1v) is 7.88. The van der Waals surface area contributed by atoms with Gasteiger partial charge in [-0.25, -0.2) is 0 Å². The molecule has 0 fully saturated rings. The molecule has 0 spiro atoms. The van der Waals surface area contributed by atoms with Gasteiger partial charge in [-0.2, -0.15) is 0 Å². The molecule has 2 aromatic rings. The molecular weight excluding hydrogens is 292 g/mol. The quantitative estimate of drug-likeness (QED) is 0.731. The SMILES string of the molecule is CCCOc1cccc(-c2ccc(C=O)c(O)c2)c1OCCC. The summed E-state index contributed by atoms with van der Waals surface area (Å²) in [7, 11) is 0. The molecule has 122 valence electrons. The van der Waals surface area contributed by atoms with Crippen molar-refractivity contribution in [3.63, 3.8) is 0 Å². The molecule has 0 saturated carbocycles. The number of aromatic hydroxyl groups is 1. The van der Waals surface area contributed by atoms with Gasteiger partial charge in [-0.3, -0.25) is 4.79 Å². The molecule has 0 radical (unpaired) electrons. The lowest BCUT2D eigenvalue weighted by Crippen LogP contribution is -2.02. The number of carbonyl (C=O) groups is 1. The number of aldehydes is 1.